The number of benzene rings is 1. The Balaban J connectivity index is 1.46. The number of hydrogen-bond donors (Lipinski definition) is 2. The molecule has 0 aromatic heterocycles. The van der Waals surface area contributed by atoms with E-state index >= 15 is 0 Å². The first-order valence-electron chi connectivity index (χ1n) is 9.62. The Bertz CT molecular complexity index is 686. The van der Waals surface area contributed by atoms with Gasteiger partial charge in [-0.1, -0.05) is 0 Å². The number of hydrogen-bond acceptors (Lipinski definition) is 5. The van der Waals surface area contributed by atoms with Crippen LogP contribution in [-0.2, 0) is 22.6 Å². The topological polar surface area (TPSA) is 79.9 Å². The molecule has 7 heteroatoms. The normalized spacial score (nSPS) is 18.7. The molecule has 1 saturated heterocycles. The van der Waals surface area contributed by atoms with Gasteiger partial charge in [0.1, 0.15) is 0 Å². The third kappa shape index (κ3) is 4.71. The van der Waals surface area contributed by atoms with E-state index in [0.29, 0.717) is 38.2 Å². The molecular weight excluding hydrogens is 346 g/mol. The Morgan fingerprint density at radius 2 is 1.96 bits per heavy atom. The van der Waals surface area contributed by atoms with Gasteiger partial charge in [0.25, 0.3) is 0 Å². The first-order valence-corrected chi connectivity index (χ1v) is 9.62. The smallest absolute Gasteiger partial charge is 0.224 e. The van der Waals surface area contributed by atoms with Crippen molar-refractivity contribution in [3.63, 3.8) is 0 Å². The standard InChI is InChI=1S/C20H29N3O4/c1-26-17-10-14-6-9-23(13-16(14)11-18(17)27-2)19(24)4-3-7-22-20(25)15-5-8-21-12-15/h10-11,15,21H,3-9,12-13H2,1-2H3,(H,22,25). The summed E-state index contributed by atoms with van der Waals surface area (Å²) in [6, 6.07) is 3.97. The summed E-state index contributed by atoms with van der Waals surface area (Å²) in [5.41, 5.74) is 2.31. The number of nitrogens with zero attached hydrogens (tertiary/aromatic N) is 1. The van der Waals surface area contributed by atoms with Crippen molar-refractivity contribution in [2.45, 2.75) is 32.2 Å². The van der Waals surface area contributed by atoms with Crippen molar-refractivity contribution in [3.8, 4) is 11.5 Å². The average Bonchev–Trinajstić information content (AvgIpc) is 3.24. The number of amides is 2. The van der Waals surface area contributed by atoms with Crippen LogP contribution in [0.2, 0.25) is 0 Å². The summed E-state index contributed by atoms with van der Waals surface area (Å²) in [7, 11) is 3.25. The van der Waals surface area contributed by atoms with Crippen LogP contribution in [0, 0.1) is 5.92 Å². The highest BCUT2D eigenvalue weighted by atomic mass is 16.5. The lowest BCUT2D eigenvalue weighted by molar-refractivity contribution is -0.132. The summed E-state index contributed by atoms with van der Waals surface area (Å²) >= 11 is 0. The molecule has 1 atom stereocenters. The summed E-state index contributed by atoms with van der Waals surface area (Å²) in [6.45, 7) is 3.52. The molecule has 1 fully saturated rings. The van der Waals surface area contributed by atoms with Gasteiger partial charge in [0.2, 0.25) is 11.8 Å². The molecule has 1 aromatic carbocycles. The average molecular weight is 375 g/mol. The van der Waals surface area contributed by atoms with Crippen LogP contribution in [-0.4, -0.2) is 57.1 Å². The summed E-state index contributed by atoms with van der Waals surface area (Å²) in [6.07, 6.45) is 2.82. The Kier molecular flexibility index (Phi) is 6.55. The van der Waals surface area contributed by atoms with Crippen molar-refractivity contribution in [2.24, 2.45) is 5.92 Å². The van der Waals surface area contributed by atoms with Crippen molar-refractivity contribution < 1.29 is 19.1 Å². The molecule has 2 amide bonds. The molecule has 1 aromatic rings. The van der Waals surface area contributed by atoms with Gasteiger partial charge in [0, 0.05) is 32.6 Å². The van der Waals surface area contributed by atoms with Crippen molar-refractivity contribution in [1.82, 2.24) is 15.5 Å². The Morgan fingerprint density at radius 1 is 1.22 bits per heavy atom. The van der Waals surface area contributed by atoms with Gasteiger partial charge in [-0.05, 0) is 49.1 Å². The van der Waals surface area contributed by atoms with E-state index in [9.17, 15) is 9.59 Å². The molecule has 2 aliphatic heterocycles. The summed E-state index contributed by atoms with van der Waals surface area (Å²) in [5.74, 6) is 1.72. The van der Waals surface area contributed by atoms with Crippen LogP contribution in [0.15, 0.2) is 12.1 Å². The SMILES string of the molecule is COc1cc2c(cc1OC)CN(C(=O)CCCNC(=O)C1CCNC1)CC2. The fraction of sp³-hybridized carbons (Fsp3) is 0.600. The molecule has 0 saturated carbocycles. The highest BCUT2D eigenvalue weighted by Gasteiger charge is 2.24. The molecule has 0 radical (unpaired) electrons. The molecule has 0 bridgehead atoms. The van der Waals surface area contributed by atoms with E-state index in [1.165, 1.54) is 5.56 Å². The summed E-state index contributed by atoms with van der Waals surface area (Å²) in [4.78, 5) is 26.4. The fourth-order valence-electron chi connectivity index (χ4n) is 3.73. The maximum atomic E-state index is 12.5. The van der Waals surface area contributed by atoms with Gasteiger partial charge >= 0.3 is 0 Å². The van der Waals surface area contributed by atoms with Crippen molar-refractivity contribution in [3.05, 3.63) is 23.3 Å². The van der Waals surface area contributed by atoms with Gasteiger partial charge in [0.05, 0.1) is 20.1 Å². The number of carbonyl (C=O) groups excluding carboxylic acids is 2. The molecule has 0 aliphatic carbocycles. The molecule has 27 heavy (non-hydrogen) atoms. The van der Waals surface area contributed by atoms with Crippen LogP contribution >= 0.6 is 0 Å². The second-order valence-electron chi connectivity index (χ2n) is 7.13. The van der Waals surface area contributed by atoms with E-state index in [0.717, 1.165) is 37.2 Å². The van der Waals surface area contributed by atoms with Crippen LogP contribution in [0.5, 0.6) is 11.5 Å². The highest BCUT2D eigenvalue weighted by molar-refractivity contribution is 5.79. The van der Waals surface area contributed by atoms with E-state index in [1.807, 2.05) is 17.0 Å². The van der Waals surface area contributed by atoms with Crippen molar-refractivity contribution in [2.75, 3.05) is 40.4 Å². The molecule has 1 unspecified atom stereocenters. The zero-order valence-electron chi connectivity index (χ0n) is 16.2. The maximum absolute atomic E-state index is 12.5. The largest absolute Gasteiger partial charge is 0.493 e. The Hall–Kier alpha value is -2.28. The van der Waals surface area contributed by atoms with Crippen molar-refractivity contribution in [1.29, 1.82) is 0 Å². The fourth-order valence-corrected chi connectivity index (χ4v) is 3.73. The monoisotopic (exact) mass is 375 g/mol. The van der Waals surface area contributed by atoms with Crippen LogP contribution in [0.3, 0.4) is 0 Å². The number of methoxy groups -OCH3 is 2. The third-order valence-electron chi connectivity index (χ3n) is 5.37. The van der Waals surface area contributed by atoms with E-state index in [2.05, 4.69) is 10.6 Å². The molecular formula is C20H29N3O4. The predicted molar refractivity (Wildman–Crippen MR) is 102 cm³/mol. The molecule has 2 aliphatic rings. The van der Waals surface area contributed by atoms with Gasteiger partial charge in [-0.3, -0.25) is 9.59 Å². The zero-order chi connectivity index (χ0) is 19.2. The molecule has 2 heterocycles. The quantitative estimate of drug-likeness (QED) is 0.698. The lowest BCUT2D eigenvalue weighted by atomic mass is 9.98. The minimum Gasteiger partial charge on any atom is -0.493 e. The lowest BCUT2D eigenvalue weighted by Gasteiger charge is -2.29. The van der Waals surface area contributed by atoms with Crippen molar-refractivity contribution >= 4 is 11.8 Å². The number of nitrogens with one attached hydrogen (secondary N) is 2. The van der Waals surface area contributed by atoms with E-state index in [4.69, 9.17) is 9.47 Å². The highest BCUT2D eigenvalue weighted by Crippen LogP contribution is 2.33. The predicted octanol–water partition coefficient (Wildman–Crippen LogP) is 1.09. The molecule has 0 spiro atoms. The number of rotatable bonds is 7. The molecule has 2 N–H and O–H groups in total. The van der Waals surface area contributed by atoms with E-state index in [1.54, 1.807) is 14.2 Å². The Labute approximate surface area is 160 Å². The summed E-state index contributed by atoms with van der Waals surface area (Å²) < 4.78 is 10.7. The molecule has 7 nitrogen and oxygen atoms in total. The van der Waals surface area contributed by atoms with E-state index in [-0.39, 0.29) is 17.7 Å². The van der Waals surface area contributed by atoms with E-state index < -0.39 is 0 Å². The first kappa shape index (κ1) is 19.5. The number of ether oxygens (including phenoxy) is 2. The van der Waals surface area contributed by atoms with Crippen LogP contribution in [0.1, 0.15) is 30.4 Å². The number of fused-ring (bicyclic) bond motifs is 1. The third-order valence-corrected chi connectivity index (χ3v) is 5.37. The number of carbonyl (C=O) groups is 2. The first-order chi connectivity index (χ1) is 13.1. The van der Waals surface area contributed by atoms with Crippen LogP contribution < -0.4 is 20.1 Å². The summed E-state index contributed by atoms with van der Waals surface area (Å²) in [5, 5.41) is 6.14. The van der Waals surface area contributed by atoms with Gasteiger partial charge in [-0.25, -0.2) is 0 Å². The van der Waals surface area contributed by atoms with Crippen LogP contribution in [0.4, 0.5) is 0 Å². The van der Waals surface area contributed by atoms with Gasteiger partial charge in [-0.2, -0.15) is 0 Å². The minimum absolute atomic E-state index is 0.0752. The second kappa shape index (κ2) is 9.08. The lowest BCUT2D eigenvalue weighted by Crippen LogP contribution is -2.37. The maximum Gasteiger partial charge on any atom is 0.224 e. The van der Waals surface area contributed by atoms with Gasteiger partial charge in [0.15, 0.2) is 11.5 Å². The Morgan fingerprint density at radius 3 is 2.63 bits per heavy atom. The second-order valence-corrected chi connectivity index (χ2v) is 7.13. The molecule has 3 rings (SSSR count). The van der Waals surface area contributed by atoms with Gasteiger partial charge < -0.3 is 25.0 Å². The van der Waals surface area contributed by atoms with Crippen LogP contribution in [0.25, 0.3) is 0 Å². The van der Waals surface area contributed by atoms with Gasteiger partial charge in [-0.15, -0.1) is 0 Å². The molecule has 148 valence electrons. The minimum atomic E-state index is 0.0752. The zero-order valence-corrected chi connectivity index (χ0v) is 16.2.